The normalized spacial score (nSPS) is 24.4. The van der Waals surface area contributed by atoms with Gasteiger partial charge in [-0.1, -0.05) is 42.5 Å². The van der Waals surface area contributed by atoms with Crippen LogP contribution in [0.3, 0.4) is 0 Å². The second kappa shape index (κ2) is 13.4. The number of hydrogen-bond acceptors (Lipinski definition) is 9. The van der Waals surface area contributed by atoms with Crippen LogP contribution in [0.15, 0.2) is 54.7 Å². The molecule has 0 aliphatic carbocycles. The molecular weight excluding hydrogens is 666 g/mol. The molecule has 0 saturated carbocycles. The molecule has 2 aromatic heterocycles. The van der Waals surface area contributed by atoms with E-state index in [1.165, 1.54) is 0 Å². The summed E-state index contributed by atoms with van der Waals surface area (Å²) in [7, 11) is 0. The number of carbonyl (C=O) groups excluding carboxylic acids is 1. The third kappa shape index (κ3) is 6.50. The molecule has 2 aromatic carbocycles. The highest BCUT2D eigenvalue weighted by molar-refractivity contribution is 5.93. The zero-order valence-corrected chi connectivity index (χ0v) is 30.3. The largest absolute Gasteiger partial charge is 0.488 e. The minimum atomic E-state index is -0.910. The first-order valence-corrected chi connectivity index (χ1v) is 18.4. The van der Waals surface area contributed by atoms with Crippen LogP contribution in [-0.2, 0) is 11.3 Å². The zero-order chi connectivity index (χ0) is 36.2. The Morgan fingerprint density at radius 2 is 1.77 bits per heavy atom. The predicted octanol–water partition coefficient (Wildman–Crippen LogP) is 7.26. The van der Waals surface area contributed by atoms with E-state index < -0.39 is 23.1 Å². The van der Waals surface area contributed by atoms with Gasteiger partial charge in [-0.2, -0.15) is 9.97 Å². The predicted molar refractivity (Wildman–Crippen MR) is 194 cm³/mol. The fourth-order valence-corrected chi connectivity index (χ4v) is 8.64. The summed E-state index contributed by atoms with van der Waals surface area (Å²) in [6, 6.07) is 15.3. The first-order chi connectivity index (χ1) is 25.0. The van der Waals surface area contributed by atoms with Crippen LogP contribution in [0.5, 0.6) is 11.8 Å². The molecule has 0 spiro atoms. The van der Waals surface area contributed by atoms with Gasteiger partial charge in [0.15, 0.2) is 5.82 Å². The van der Waals surface area contributed by atoms with Crippen LogP contribution in [0.2, 0.25) is 0 Å². The van der Waals surface area contributed by atoms with Gasteiger partial charge in [0.05, 0.1) is 23.0 Å². The number of benzene rings is 2. The fraction of sp³-hybridized carbons (Fsp3) is 0.500. The Hall–Kier alpha value is -4.58. The Balaban J connectivity index is 1.17. The minimum Gasteiger partial charge on any atom is -0.488 e. The summed E-state index contributed by atoms with van der Waals surface area (Å²) in [5.74, 6) is 0.405. The number of nitrogens with zero attached hydrogens (tertiary/aromatic N) is 6. The minimum absolute atomic E-state index is 0.0364. The maximum absolute atomic E-state index is 17.1. The van der Waals surface area contributed by atoms with Gasteiger partial charge in [-0.3, -0.25) is 14.8 Å². The average molecular weight is 713 g/mol. The molecule has 52 heavy (non-hydrogen) atoms. The highest BCUT2D eigenvalue weighted by Gasteiger charge is 2.50. The number of carbonyl (C=O) groups is 1. The van der Waals surface area contributed by atoms with Gasteiger partial charge in [-0.25, -0.2) is 13.6 Å². The molecule has 0 N–H and O–H groups in total. The molecule has 10 nitrogen and oxygen atoms in total. The van der Waals surface area contributed by atoms with E-state index in [0.717, 1.165) is 43.4 Å². The summed E-state index contributed by atoms with van der Waals surface area (Å²) in [6.07, 6.45) is 4.24. The van der Waals surface area contributed by atoms with Crippen LogP contribution >= 0.6 is 0 Å². The van der Waals surface area contributed by atoms with Gasteiger partial charge in [0.1, 0.15) is 47.8 Å². The molecule has 4 saturated heterocycles. The summed E-state index contributed by atoms with van der Waals surface area (Å²) < 4.78 is 50.1. The van der Waals surface area contributed by atoms with E-state index >= 15 is 4.39 Å². The summed E-state index contributed by atoms with van der Waals surface area (Å²) in [6.45, 7) is 10.2. The number of halogens is 2. The smallest absolute Gasteiger partial charge is 0.410 e. The van der Waals surface area contributed by atoms with Gasteiger partial charge in [0.25, 0.3) is 0 Å². The number of anilines is 1. The Morgan fingerprint density at radius 1 is 1.00 bits per heavy atom. The first-order valence-electron chi connectivity index (χ1n) is 18.4. The number of hydrogen-bond donors (Lipinski definition) is 0. The molecule has 0 radical (unpaired) electrons. The van der Waals surface area contributed by atoms with Gasteiger partial charge in [0, 0.05) is 37.8 Å². The van der Waals surface area contributed by atoms with Crippen molar-refractivity contribution in [2.45, 2.75) is 95.8 Å². The van der Waals surface area contributed by atoms with Crippen LogP contribution < -0.4 is 14.4 Å². The summed E-state index contributed by atoms with van der Waals surface area (Å²) in [5.41, 5.74) is 1.51. The molecule has 12 heteroatoms. The maximum Gasteiger partial charge on any atom is 0.410 e. The van der Waals surface area contributed by atoms with Crippen LogP contribution in [-0.4, -0.2) is 93.0 Å². The van der Waals surface area contributed by atoms with E-state index in [1.807, 2.05) is 81.1 Å². The molecule has 4 atom stereocenters. The SMILES string of the molecule is Cc1cccc(OCc2ccccc2)c1-c1ncc2c(N3C[C@H]4CC[C@@H](C3)N4C(=O)OC(C)(C)C)nc(OCC34CCCN3CC(F)C4)nc2c1F. The standard InChI is InChI=1S/C40H46F2N6O4/c1-25-10-8-13-31(50-23-26-11-6-5-7-12-26)32(25)35-33(42)34-30(19-43-35)36(45-37(44-34)51-24-40-16-9-17-47(40)20-27(41)18-40)46-21-28-14-15-29(22-46)48(28)38(49)52-39(2,3)4/h5-8,10-13,19,27-29H,9,14-18,20-24H2,1-4H3/t27?,28-,29+,40?. The second-order valence-electron chi connectivity index (χ2n) is 15.8. The number of piperazine rings is 1. The fourth-order valence-electron chi connectivity index (χ4n) is 8.64. The van der Waals surface area contributed by atoms with E-state index in [0.29, 0.717) is 55.2 Å². The van der Waals surface area contributed by atoms with Crippen molar-refractivity contribution in [3.63, 3.8) is 0 Å². The third-order valence-corrected chi connectivity index (χ3v) is 11.0. The number of fused-ring (bicyclic) bond motifs is 4. The molecule has 4 fully saturated rings. The van der Waals surface area contributed by atoms with Gasteiger partial charge in [-0.05, 0) is 77.1 Å². The molecule has 2 bridgehead atoms. The van der Waals surface area contributed by atoms with Crippen molar-refractivity contribution in [1.29, 1.82) is 0 Å². The van der Waals surface area contributed by atoms with Gasteiger partial charge >= 0.3 is 12.1 Å². The Kier molecular flexibility index (Phi) is 8.92. The highest BCUT2D eigenvalue weighted by atomic mass is 19.1. The topological polar surface area (TPSA) is 93.2 Å². The quantitative estimate of drug-likeness (QED) is 0.187. The van der Waals surface area contributed by atoms with E-state index in [9.17, 15) is 9.18 Å². The molecule has 8 rings (SSSR count). The molecule has 1 amide bonds. The molecule has 4 aliphatic rings. The lowest BCUT2D eigenvalue weighted by Gasteiger charge is -2.42. The monoisotopic (exact) mass is 712 g/mol. The summed E-state index contributed by atoms with van der Waals surface area (Å²) >= 11 is 0. The van der Waals surface area contributed by atoms with Crippen molar-refractivity contribution in [3.05, 3.63) is 71.7 Å². The Morgan fingerprint density at radius 3 is 2.52 bits per heavy atom. The second-order valence-corrected chi connectivity index (χ2v) is 15.8. The number of pyridine rings is 1. The van der Waals surface area contributed by atoms with Crippen molar-refractivity contribution in [2.24, 2.45) is 0 Å². The van der Waals surface area contributed by atoms with E-state index in [-0.39, 0.29) is 42.0 Å². The van der Waals surface area contributed by atoms with Crippen molar-refractivity contribution >= 4 is 22.8 Å². The summed E-state index contributed by atoms with van der Waals surface area (Å²) in [4.78, 5) is 33.7. The van der Waals surface area contributed by atoms with Crippen LogP contribution in [0.25, 0.3) is 22.2 Å². The number of alkyl halides is 1. The van der Waals surface area contributed by atoms with Crippen molar-refractivity contribution in [1.82, 2.24) is 24.8 Å². The van der Waals surface area contributed by atoms with Crippen LogP contribution in [0.4, 0.5) is 19.4 Å². The van der Waals surface area contributed by atoms with Gasteiger partial charge in [-0.15, -0.1) is 0 Å². The molecule has 2 unspecified atom stereocenters. The van der Waals surface area contributed by atoms with Crippen LogP contribution in [0, 0.1) is 12.7 Å². The number of ether oxygens (including phenoxy) is 3. The third-order valence-electron chi connectivity index (χ3n) is 11.0. The van der Waals surface area contributed by atoms with Crippen molar-refractivity contribution in [3.8, 4) is 23.0 Å². The number of amides is 1. The molecule has 4 aromatic rings. The summed E-state index contributed by atoms with van der Waals surface area (Å²) in [5, 5.41) is 0.449. The lowest BCUT2D eigenvalue weighted by Crippen LogP contribution is -2.57. The first kappa shape index (κ1) is 34.5. The Labute approximate surface area is 303 Å². The highest BCUT2D eigenvalue weighted by Crippen LogP contribution is 2.42. The lowest BCUT2D eigenvalue weighted by atomic mass is 9.95. The number of aryl methyl sites for hydroxylation is 1. The van der Waals surface area contributed by atoms with Gasteiger partial charge in [0.2, 0.25) is 0 Å². The maximum atomic E-state index is 17.1. The van der Waals surface area contributed by atoms with Gasteiger partial charge < -0.3 is 19.1 Å². The zero-order valence-electron chi connectivity index (χ0n) is 30.3. The number of aromatic nitrogens is 3. The molecule has 6 heterocycles. The van der Waals surface area contributed by atoms with E-state index in [1.54, 1.807) is 6.20 Å². The lowest BCUT2D eigenvalue weighted by molar-refractivity contribution is 0.0122. The van der Waals surface area contributed by atoms with Crippen LogP contribution in [0.1, 0.15) is 64.0 Å². The van der Waals surface area contributed by atoms with E-state index in [4.69, 9.17) is 24.2 Å². The molecule has 4 aliphatic heterocycles. The number of rotatable bonds is 8. The van der Waals surface area contributed by atoms with E-state index in [2.05, 4.69) is 14.8 Å². The average Bonchev–Trinajstić information content (AvgIpc) is 3.73. The molecular formula is C40H46F2N6O4. The van der Waals surface area contributed by atoms with Crippen molar-refractivity contribution in [2.75, 3.05) is 37.7 Å². The molecule has 274 valence electrons. The van der Waals surface area contributed by atoms with Crippen molar-refractivity contribution < 1.29 is 27.8 Å². The Bertz CT molecular complexity index is 1960.